The summed E-state index contributed by atoms with van der Waals surface area (Å²) in [7, 11) is 0. The van der Waals surface area contributed by atoms with Crippen molar-refractivity contribution in [1.29, 1.82) is 0 Å². The Morgan fingerprint density at radius 2 is 2.14 bits per heavy atom. The normalized spacial score (nSPS) is 13.0. The first-order valence-electron chi connectivity index (χ1n) is 7.38. The fourth-order valence-corrected chi connectivity index (χ4v) is 2.14. The van der Waals surface area contributed by atoms with Crippen molar-refractivity contribution < 1.29 is 14.3 Å². The van der Waals surface area contributed by atoms with E-state index in [0.717, 1.165) is 31.1 Å². The SMILES string of the molecule is CCC(C)CN(CC)Cc1ccc(F)cc1C=CC(=O)O. The zero-order valence-corrected chi connectivity index (χ0v) is 13.0. The fourth-order valence-electron chi connectivity index (χ4n) is 2.14. The Morgan fingerprint density at radius 3 is 2.71 bits per heavy atom. The number of aliphatic carboxylic acids is 1. The van der Waals surface area contributed by atoms with Crippen LogP contribution >= 0.6 is 0 Å². The van der Waals surface area contributed by atoms with E-state index in [0.29, 0.717) is 18.0 Å². The van der Waals surface area contributed by atoms with Crippen LogP contribution in [0.3, 0.4) is 0 Å². The van der Waals surface area contributed by atoms with Crippen LogP contribution in [0.2, 0.25) is 0 Å². The van der Waals surface area contributed by atoms with Gasteiger partial charge in [0.1, 0.15) is 5.82 Å². The molecule has 3 nitrogen and oxygen atoms in total. The van der Waals surface area contributed by atoms with E-state index in [-0.39, 0.29) is 5.82 Å². The highest BCUT2D eigenvalue weighted by atomic mass is 19.1. The van der Waals surface area contributed by atoms with Crippen molar-refractivity contribution in [3.63, 3.8) is 0 Å². The van der Waals surface area contributed by atoms with Gasteiger partial charge in [-0.25, -0.2) is 9.18 Å². The molecule has 1 N–H and O–H groups in total. The Hall–Kier alpha value is -1.68. The summed E-state index contributed by atoms with van der Waals surface area (Å²) in [6.45, 7) is 9.05. The van der Waals surface area contributed by atoms with Gasteiger partial charge in [0, 0.05) is 19.2 Å². The van der Waals surface area contributed by atoms with Crippen LogP contribution in [-0.4, -0.2) is 29.1 Å². The number of carboxylic acid groups (broad SMARTS) is 1. The molecule has 116 valence electrons. The molecule has 1 atom stereocenters. The smallest absolute Gasteiger partial charge is 0.328 e. The summed E-state index contributed by atoms with van der Waals surface area (Å²) < 4.78 is 13.4. The van der Waals surface area contributed by atoms with Gasteiger partial charge in [0.05, 0.1) is 0 Å². The van der Waals surface area contributed by atoms with Crippen LogP contribution < -0.4 is 0 Å². The average molecular weight is 293 g/mol. The molecule has 0 radical (unpaired) electrons. The van der Waals surface area contributed by atoms with Crippen LogP contribution in [0.4, 0.5) is 4.39 Å². The Morgan fingerprint density at radius 1 is 1.43 bits per heavy atom. The second-order valence-corrected chi connectivity index (χ2v) is 5.36. The molecule has 0 spiro atoms. The molecule has 0 fully saturated rings. The van der Waals surface area contributed by atoms with E-state index in [1.807, 2.05) is 0 Å². The molecule has 1 rings (SSSR count). The number of rotatable bonds is 8. The Balaban J connectivity index is 2.92. The maximum Gasteiger partial charge on any atom is 0.328 e. The largest absolute Gasteiger partial charge is 0.478 e. The van der Waals surface area contributed by atoms with Gasteiger partial charge in [0.15, 0.2) is 0 Å². The maximum absolute atomic E-state index is 13.4. The first-order chi connectivity index (χ1) is 9.96. The van der Waals surface area contributed by atoms with Crippen LogP contribution in [0.15, 0.2) is 24.3 Å². The van der Waals surface area contributed by atoms with E-state index in [4.69, 9.17) is 5.11 Å². The van der Waals surface area contributed by atoms with E-state index in [9.17, 15) is 9.18 Å². The van der Waals surface area contributed by atoms with Crippen LogP contribution in [-0.2, 0) is 11.3 Å². The second-order valence-electron chi connectivity index (χ2n) is 5.36. The van der Waals surface area contributed by atoms with Gasteiger partial charge in [0.25, 0.3) is 0 Å². The summed E-state index contributed by atoms with van der Waals surface area (Å²) in [4.78, 5) is 12.9. The Kier molecular flexibility index (Phi) is 7.09. The predicted octanol–water partition coefficient (Wildman–Crippen LogP) is 3.79. The van der Waals surface area contributed by atoms with E-state index < -0.39 is 5.97 Å². The molecule has 1 aromatic carbocycles. The summed E-state index contributed by atoms with van der Waals surface area (Å²) in [5.74, 6) is -0.783. The Bertz CT molecular complexity index is 500. The van der Waals surface area contributed by atoms with Gasteiger partial charge < -0.3 is 5.11 Å². The lowest BCUT2D eigenvalue weighted by molar-refractivity contribution is -0.131. The minimum atomic E-state index is -1.03. The van der Waals surface area contributed by atoms with Gasteiger partial charge >= 0.3 is 5.97 Å². The number of hydrogen-bond donors (Lipinski definition) is 1. The fraction of sp³-hybridized carbons (Fsp3) is 0.471. The molecular formula is C17H24FNO2. The lowest BCUT2D eigenvalue weighted by Gasteiger charge is -2.24. The van der Waals surface area contributed by atoms with E-state index in [1.54, 1.807) is 6.07 Å². The highest BCUT2D eigenvalue weighted by molar-refractivity contribution is 5.85. The third-order valence-electron chi connectivity index (χ3n) is 3.62. The van der Waals surface area contributed by atoms with Crippen molar-refractivity contribution in [3.8, 4) is 0 Å². The van der Waals surface area contributed by atoms with Gasteiger partial charge in [-0.2, -0.15) is 0 Å². The van der Waals surface area contributed by atoms with Crippen LogP contribution in [0.25, 0.3) is 6.08 Å². The molecular weight excluding hydrogens is 269 g/mol. The minimum absolute atomic E-state index is 0.353. The molecule has 0 aliphatic rings. The number of benzene rings is 1. The molecule has 1 aromatic rings. The van der Waals surface area contributed by atoms with Gasteiger partial charge in [-0.15, -0.1) is 0 Å². The molecule has 0 aromatic heterocycles. The topological polar surface area (TPSA) is 40.5 Å². The van der Waals surface area contributed by atoms with Crippen LogP contribution in [0.5, 0.6) is 0 Å². The standard InChI is InChI=1S/C17H24FNO2/c1-4-13(3)11-19(5-2)12-15-6-8-16(18)10-14(15)7-9-17(20)21/h6-10,13H,4-5,11-12H2,1-3H3,(H,20,21). The van der Waals surface area contributed by atoms with Gasteiger partial charge in [-0.1, -0.05) is 33.3 Å². The van der Waals surface area contributed by atoms with E-state index >= 15 is 0 Å². The van der Waals surface area contributed by atoms with Crippen molar-refractivity contribution >= 4 is 12.0 Å². The third kappa shape index (κ3) is 6.08. The van der Waals surface area contributed by atoms with Crippen LogP contribution in [0.1, 0.15) is 38.3 Å². The molecule has 0 saturated carbocycles. The van der Waals surface area contributed by atoms with Crippen molar-refractivity contribution in [2.75, 3.05) is 13.1 Å². The number of nitrogens with zero attached hydrogens (tertiary/aromatic N) is 1. The zero-order valence-electron chi connectivity index (χ0n) is 13.0. The average Bonchev–Trinajstić information content (AvgIpc) is 2.46. The summed E-state index contributed by atoms with van der Waals surface area (Å²) in [6.07, 6.45) is 3.62. The summed E-state index contributed by atoms with van der Waals surface area (Å²) in [6, 6.07) is 4.53. The highest BCUT2D eigenvalue weighted by Gasteiger charge is 2.10. The van der Waals surface area contributed by atoms with Crippen molar-refractivity contribution in [1.82, 2.24) is 4.90 Å². The van der Waals surface area contributed by atoms with E-state index in [2.05, 4.69) is 25.7 Å². The Labute approximate surface area is 126 Å². The van der Waals surface area contributed by atoms with Gasteiger partial charge in [0.2, 0.25) is 0 Å². The van der Waals surface area contributed by atoms with Gasteiger partial charge in [-0.05, 0) is 41.8 Å². The molecule has 1 unspecified atom stereocenters. The highest BCUT2D eigenvalue weighted by Crippen LogP contribution is 2.17. The van der Waals surface area contributed by atoms with E-state index in [1.165, 1.54) is 18.2 Å². The van der Waals surface area contributed by atoms with Crippen molar-refractivity contribution in [2.24, 2.45) is 5.92 Å². The predicted molar refractivity (Wildman–Crippen MR) is 83.5 cm³/mol. The molecule has 0 aliphatic carbocycles. The van der Waals surface area contributed by atoms with Gasteiger partial charge in [-0.3, -0.25) is 4.90 Å². The molecule has 0 saturated heterocycles. The summed E-state index contributed by atoms with van der Waals surface area (Å²) >= 11 is 0. The number of halogens is 1. The monoisotopic (exact) mass is 293 g/mol. The molecule has 21 heavy (non-hydrogen) atoms. The van der Waals surface area contributed by atoms with Crippen LogP contribution in [0, 0.1) is 11.7 Å². The number of carboxylic acids is 1. The summed E-state index contributed by atoms with van der Waals surface area (Å²) in [5.41, 5.74) is 1.57. The third-order valence-corrected chi connectivity index (χ3v) is 3.62. The minimum Gasteiger partial charge on any atom is -0.478 e. The maximum atomic E-state index is 13.4. The lowest BCUT2D eigenvalue weighted by atomic mass is 10.0. The zero-order chi connectivity index (χ0) is 15.8. The van der Waals surface area contributed by atoms with Crippen molar-refractivity contribution in [3.05, 3.63) is 41.2 Å². The first kappa shape index (κ1) is 17.4. The number of hydrogen-bond acceptors (Lipinski definition) is 2. The molecule has 0 aliphatic heterocycles. The molecule has 0 amide bonds. The van der Waals surface area contributed by atoms with Crippen molar-refractivity contribution in [2.45, 2.75) is 33.7 Å². The first-order valence-corrected chi connectivity index (χ1v) is 7.38. The number of carbonyl (C=O) groups is 1. The summed E-state index contributed by atoms with van der Waals surface area (Å²) in [5, 5.41) is 8.72. The quantitative estimate of drug-likeness (QED) is 0.741. The molecule has 4 heteroatoms. The second kappa shape index (κ2) is 8.57. The molecule has 0 heterocycles. The molecule has 0 bridgehead atoms. The lowest BCUT2D eigenvalue weighted by Crippen LogP contribution is -2.28.